The number of benzene rings is 4. The summed E-state index contributed by atoms with van der Waals surface area (Å²) in [5.74, 6) is 0.333. The molecule has 37 heavy (non-hydrogen) atoms. The quantitative estimate of drug-likeness (QED) is 0.290. The van der Waals surface area contributed by atoms with Crippen molar-refractivity contribution in [1.29, 1.82) is 0 Å². The van der Waals surface area contributed by atoms with Gasteiger partial charge in [-0.1, -0.05) is 84.9 Å². The molecule has 0 saturated carbocycles. The highest BCUT2D eigenvalue weighted by atomic mass is 16.1. The highest BCUT2D eigenvalue weighted by Gasteiger charge is 2.22. The summed E-state index contributed by atoms with van der Waals surface area (Å²) in [6.45, 7) is 0. The molecule has 0 aliphatic rings. The molecule has 0 spiro atoms. The van der Waals surface area contributed by atoms with E-state index < -0.39 is 0 Å². The zero-order chi connectivity index (χ0) is 24.5. The van der Waals surface area contributed by atoms with E-state index in [9.17, 15) is 4.79 Å². The fraction of sp³-hybridized carbons (Fsp3) is 0. The van der Waals surface area contributed by atoms with Gasteiger partial charge < -0.3 is 9.97 Å². The fourth-order valence-corrected chi connectivity index (χ4v) is 5.50. The molecule has 8 aromatic rings. The first-order valence-corrected chi connectivity index (χ1v) is 12.2. The van der Waals surface area contributed by atoms with Crippen LogP contribution in [0.5, 0.6) is 0 Å². The summed E-state index contributed by atoms with van der Waals surface area (Å²) in [4.78, 5) is 31.0. The summed E-state index contributed by atoms with van der Waals surface area (Å²) in [7, 11) is 0. The van der Waals surface area contributed by atoms with Crippen molar-refractivity contribution < 1.29 is 0 Å². The number of hydrogen-bond donors (Lipinski definition) is 2. The van der Waals surface area contributed by atoms with Crippen LogP contribution in [-0.4, -0.2) is 24.5 Å². The average molecular weight is 478 g/mol. The molecule has 6 heteroatoms. The zero-order valence-corrected chi connectivity index (χ0v) is 19.6. The number of fused-ring (bicyclic) bond motifs is 8. The van der Waals surface area contributed by atoms with Gasteiger partial charge in [-0.05, 0) is 18.2 Å². The van der Waals surface area contributed by atoms with Gasteiger partial charge in [0.1, 0.15) is 11.2 Å². The summed E-state index contributed by atoms with van der Waals surface area (Å²) >= 11 is 0. The summed E-state index contributed by atoms with van der Waals surface area (Å²) in [5, 5.41) is 4.88. The molecule has 0 unspecified atom stereocenters. The minimum absolute atomic E-state index is 0.195. The second kappa shape index (κ2) is 7.38. The van der Waals surface area contributed by atoms with Crippen molar-refractivity contribution in [2.75, 3.05) is 0 Å². The Labute approximate surface area is 209 Å². The van der Waals surface area contributed by atoms with Crippen LogP contribution < -0.4 is 5.56 Å². The average Bonchev–Trinajstić information content (AvgIpc) is 3.52. The third-order valence-electron chi connectivity index (χ3n) is 7.12. The van der Waals surface area contributed by atoms with E-state index in [0.717, 1.165) is 54.7 Å². The standard InChI is InChI=1S/C31H19N5O/c37-30-28-25(19-12-4-7-15-22(19)32-28)26-20-13-5-8-16-23(20)33-29(26)36(30)31-34-24-17-9-6-14-21(24)27(35-31)18-10-2-1-3-11-18/h1-17,32-33H. The van der Waals surface area contributed by atoms with Gasteiger partial charge in [0.05, 0.1) is 11.2 Å². The van der Waals surface area contributed by atoms with Gasteiger partial charge in [0.15, 0.2) is 0 Å². The molecule has 0 saturated heterocycles. The molecule has 0 radical (unpaired) electrons. The molecule has 0 bridgehead atoms. The topological polar surface area (TPSA) is 79.4 Å². The largest absolute Gasteiger partial charge is 0.350 e. The Morgan fingerprint density at radius 3 is 2.00 bits per heavy atom. The lowest BCUT2D eigenvalue weighted by Crippen LogP contribution is -2.21. The molecule has 8 rings (SSSR count). The van der Waals surface area contributed by atoms with Gasteiger partial charge in [0.25, 0.3) is 5.56 Å². The molecule has 0 aliphatic heterocycles. The number of aromatic nitrogens is 5. The van der Waals surface area contributed by atoms with Crippen molar-refractivity contribution in [2.45, 2.75) is 0 Å². The summed E-state index contributed by atoms with van der Waals surface area (Å²) in [5.41, 5.74) is 5.42. The molecule has 4 aromatic carbocycles. The first kappa shape index (κ1) is 20.0. The van der Waals surface area contributed by atoms with Gasteiger partial charge in [0, 0.05) is 43.5 Å². The molecule has 174 valence electrons. The Balaban J connectivity index is 1.59. The highest BCUT2D eigenvalue weighted by molar-refractivity contribution is 6.26. The summed E-state index contributed by atoms with van der Waals surface area (Å²) in [6.07, 6.45) is 0. The Morgan fingerprint density at radius 2 is 1.22 bits per heavy atom. The number of H-pyrrole nitrogens is 2. The first-order chi connectivity index (χ1) is 18.3. The summed E-state index contributed by atoms with van der Waals surface area (Å²) < 4.78 is 1.62. The third-order valence-corrected chi connectivity index (χ3v) is 7.12. The van der Waals surface area contributed by atoms with E-state index in [1.807, 2.05) is 91.0 Å². The number of hydrogen-bond acceptors (Lipinski definition) is 3. The molecule has 6 nitrogen and oxygen atoms in total. The maximum absolute atomic E-state index is 14.2. The lowest BCUT2D eigenvalue weighted by molar-refractivity contribution is 0.934. The molecule has 0 aliphatic carbocycles. The van der Waals surface area contributed by atoms with Gasteiger partial charge in [-0.2, -0.15) is 0 Å². The SMILES string of the molecule is O=c1c2[nH]c3ccccc3c2c2c3ccccc3[nH]c2n1-c1nc(-c2ccccc2)c2ccccc2n1. The van der Waals surface area contributed by atoms with Crippen LogP contribution >= 0.6 is 0 Å². The second-order valence-electron chi connectivity index (χ2n) is 9.21. The van der Waals surface area contributed by atoms with Gasteiger partial charge in [0.2, 0.25) is 5.95 Å². The van der Waals surface area contributed by atoms with Crippen molar-refractivity contribution in [2.24, 2.45) is 0 Å². The fourth-order valence-electron chi connectivity index (χ4n) is 5.50. The second-order valence-corrected chi connectivity index (χ2v) is 9.21. The van der Waals surface area contributed by atoms with E-state index in [1.54, 1.807) is 4.57 Å². The zero-order valence-electron chi connectivity index (χ0n) is 19.6. The van der Waals surface area contributed by atoms with E-state index in [1.165, 1.54) is 0 Å². The molecule has 4 heterocycles. The first-order valence-electron chi connectivity index (χ1n) is 12.2. The van der Waals surface area contributed by atoms with Gasteiger partial charge in [-0.15, -0.1) is 0 Å². The van der Waals surface area contributed by atoms with Crippen molar-refractivity contribution in [1.82, 2.24) is 24.5 Å². The molecule has 0 atom stereocenters. The number of pyridine rings is 1. The van der Waals surface area contributed by atoms with Crippen molar-refractivity contribution in [3.63, 3.8) is 0 Å². The van der Waals surface area contributed by atoms with Crippen molar-refractivity contribution in [3.8, 4) is 17.2 Å². The van der Waals surface area contributed by atoms with E-state index in [4.69, 9.17) is 9.97 Å². The van der Waals surface area contributed by atoms with Crippen LogP contribution in [0.4, 0.5) is 0 Å². The molecule has 0 fully saturated rings. The molecule has 2 N–H and O–H groups in total. The molecular weight excluding hydrogens is 458 g/mol. The van der Waals surface area contributed by atoms with Gasteiger partial charge >= 0.3 is 0 Å². The van der Waals surface area contributed by atoms with Crippen LogP contribution in [0.1, 0.15) is 0 Å². The minimum atomic E-state index is -0.195. The predicted octanol–water partition coefficient (Wildman–Crippen LogP) is 6.72. The van der Waals surface area contributed by atoms with Gasteiger partial charge in [-0.3, -0.25) is 4.79 Å². The van der Waals surface area contributed by atoms with Crippen LogP contribution in [0.15, 0.2) is 108 Å². The smallest absolute Gasteiger partial charge is 0.283 e. The van der Waals surface area contributed by atoms with E-state index in [0.29, 0.717) is 17.1 Å². The lowest BCUT2D eigenvalue weighted by atomic mass is 10.1. The van der Waals surface area contributed by atoms with E-state index in [-0.39, 0.29) is 5.56 Å². The number of aromatic amines is 2. The lowest BCUT2D eigenvalue weighted by Gasteiger charge is -2.12. The molecule has 4 aromatic heterocycles. The number of nitrogens with zero attached hydrogens (tertiary/aromatic N) is 3. The van der Waals surface area contributed by atoms with E-state index in [2.05, 4.69) is 22.1 Å². The monoisotopic (exact) mass is 477 g/mol. The third kappa shape index (κ3) is 2.78. The number of nitrogens with one attached hydrogen (secondary N) is 2. The van der Waals surface area contributed by atoms with Crippen LogP contribution in [0.3, 0.4) is 0 Å². The maximum Gasteiger partial charge on any atom is 0.283 e. The Bertz CT molecular complexity index is 2220. The van der Waals surface area contributed by atoms with Crippen molar-refractivity contribution in [3.05, 3.63) is 113 Å². The Kier molecular flexibility index (Phi) is 3.99. The van der Waals surface area contributed by atoms with E-state index >= 15 is 0 Å². The number of para-hydroxylation sites is 3. The van der Waals surface area contributed by atoms with Crippen LogP contribution in [0.25, 0.3) is 71.9 Å². The highest BCUT2D eigenvalue weighted by Crippen LogP contribution is 2.36. The minimum Gasteiger partial charge on any atom is -0.350 e. The molecular formula is C31H19N5O. The normalized spacial score (nSPS) is 11.9. The van der Waals surface area contributed by atoms with Crippen LogP contribution in [0.2, 0.25) is 0 Å². The number of rotatable bonds is 2. The van der Waals surface area contributed by atoms with Gasteiger partial charge in [-0.25, -0.2) is 14.5 Å². The maximum atomic E-state index is 14.2. The van der Waals surface area contributed by atoms with Crippen LogP contribution in [0, 0.1) is 0 Å². The predicted molar refractivity (Wildman–Crippen MR) is 149 cm³/mol. The summed E-state index contributed by atoms with van der Waals surface area (Å²) in [6, 6.07) is 34.1. The van der Waals surface area contributed by atoms with Crippen LogP contribution in [-0.2, 0) is 0 Å². The molecule has 0 amide bonds. The Morgan fingerprint density at radius 1 is 0.595 bits per heavy atom. The van der Waals surface area contributed by atoms with Crippen molar-refractivity contribution >= 4 is 54.6 Å². The Hall–Kier alpha value is -5.23.